The van der Waals surface area contributed by atoms with E-state index in [2.05, 4.69) is 30.3 Å². The summed E-state index contributed by atoms with van der Waals surface area (Å²) in [6, 6.07) is 22.6. The molecule has 0 atom stereocenters. The van der Waals surface area contributed by atoms with Crippen LogP contribution in [0.4, 0.5) is 0 Å². The summed E-state index contributed by atoms with van der Waals surface area (Å²) in [7, 11) is 1.70. The minimum atomic E-state index is 0.888. The van der Waals surface area contributed by atoms with Gasteiger partial charge in [-0.3, -0.25) is 0 Å². The number of fused-ring (bicyclic) bond motifs is 2. The fourth-order valence-electron chi connectivity index (χ4n) is 2.94. The number of ether oxygens (including phenoxy) is 2. The molecule has 0 unspecified atom stereocenters. The molecule has 4 rings (SSSR count). The third-order valence-electron chi connectivity index (χ3n) is 4.05. The Labute approximate surface area is 129 Å². The maximum atomic E-state index is 5.99. The number of rotatable bonds is 2. The molecule has 1 heterocycles. The van der Waals surface area contributed by atoms with Crippen molar-refractivity contribution in [2.24, 2.45) is 0 Å². The second-order valence-corrected chi connectivity index (χ2v) is 5.41. The Kier molecular flexibility index (Phi) is 3.08. The molecule has 108 valence electrons. The van der Waals surface area contributed by atoms with Crippen molar-refractivity contribution in [1.82, 2.24) is 0 Å². The third-order valence-corrected chi connectivity index (χ3v) is 4.05. The molecule has 3 aromatic rings. The molecule has 0 radical (unpaired) electrons. The average Bonchev–Trinajstić information content (AvgIpc) is 2.59. The molecule has 1 aliphatic rings. The fourth-order valence-corrected chi connectivity index (χ4v) is 2.94. The Morgan fingerprint density at radius 2 is 1.59 bits per heavy atom. The van der Waals surface area contributed by atoms with E-state index in [0.717, 1.165) is 34.8 Å². The Morgan fingerprint density at radius 1 is 0.818 bits per heavy atom. The second kappa shape index (κ2) is 5.23. The molecule has 0 saturated heterocycles. The number of hydrogen-bond acceptors (Lipinski definition) is 2. The van der Waals surface area contributed by atoms with Gasteiger partial charge in [0.15, 0.2) is 0 Å². The Morgan fingerprint density at radius 3 is 2.50 bits per heavy atom. The zero-order chi connectivity index (χ0) is 14.9. The van der Waals surface area contributed by atoms with Crippen LogP contribution in [0.1, 0.15) is 11.1 Å². The number of para-hydroxylation sites is 2. The summed E-state index contributed by atoms with van der Waals surface area (Å²) in [5.41, 5.74) is 4.69. The van der Waals surface area contributed by atoms with Gasteiger partial charge < -0.3 is 9.47 Å². The van der Waals surface area contributed by atoms with Crippen LogP contribution in [-0.4, -0.2) is 7.11 Å². The quantitative estimate of drug-likeness (QED) is 0.513. The topological polar surface area (TPSA) is 18.5 Å². The molecule has 0 aliphatic carbocycles. The third kappa shape index (κ3) is 2.13. The maximum absolute atomic E-state index is 5.99. The van der Waals surface area contributed by atoms with Gasteiger partial charge in [-0.1, -0.05) is 42.5 Å². The lowest BCUT2D eigenvalue weighted by molar-refractivity contribution is 0.416. The zero-order valence-corrected chi connectivity index (χ0v) is 12.4. The number of benzene rings is 3. The smallest absolute Gasteiger partial charge is 0.131 e. The lowest BCUT2D eigenvalue weighted by Gasteiger charge is -2.21. The van der Waals surface area contributed by atoms with E-state index in [9.17, 15) is 0 Å². The van der Waals surface area contributed by atoms with Crippen LogP contribution in [-0.2, 0) is 6.42 Å². The van der Waals surface area contributed by atoms with E-state index in [0.29, 0.717) is 0 Å². The summed E-state index contributed by atoms with van der Waals surface area (Å²) < 4.78 is 11.5. The predicted molar refractivity (Wildman–Crippen MR) is 87.8 cm³/mol. The van der Waals surface area contributed by atoms with Gasteiger partial charge in [-0.25, -0.2) is 0 Å². The van der Waals surface area contributed by atoms with Crippen molar-refractivity contribution < 1.29 is 9.47 Å². The molecule has 0 saturated carbocycles. The maximum Gasteiger partial charge on any atom is 0.131 e. The molecule has 1 aliphatic heterocycles. The number of methoxy groups -OCH3 is 1. The fraction of sp³-hybridized carbons (Fsp3) is 0.100. The van der Waals surface area contributed by atoms with E-state index >= 15 is 0 Å². The van der Waals surface area contributed by atoms with E-state index in [1.807, 2.05) is 36.4 Å². The van der Waals surface area contributed by atoms with Crippen molar-refractivity contribution in [1.29, 1.82) is 0 Å². The highest BCUT2D eigenvalue weighted by molar-refractivity contribution is 5.72. The summed E-state index contributed by atoms with van der Waals surface area (Å²) in [6.07, 6.45) is 0.897. The van der Waals surface area contributed by atoms with Crippen molar-refractivity contribution in [2.45, 2.75) is 6.42 Å². The van der Waals surface area contributed by atoms with E-state index < -0.39 is 0 Å². The minimum absolute atomic E-state index is 0.888. The normalized spacial score (nSPS) is 12.0. The molecule has 0 fully saturated rings. The Hall–Kier alpha value is -2.74. The largest absolute Gasteiger partial charge is 0.496 e. The molecule has 0 spiro atoms. The zero-order valence-electron chi connectivity index (χ0n) is 12.4. The lowest BCUT2D eigenvalue weighted by Crippen LogP contribution is -2.02. The van der Waals surface area contributed by atoms with Crippen molar-refractivity contribution >= 4 is 0 Å². The Bertz CT molecular complexity index is 837. The second-order valence-electron chi connectivity index (χ2n) is 5.41. The van der Waals surface area contributed by atoms with Gasteiger partial charge in [-0.2, -0.15) is 0 Å². The van der Waals surface area contributed by atoms with Gasteiger partial charge in [0.1, 0.15) is 17.2 Å². The van der Waals surface area contributed by atoms with Crippen molar-refractivity contribution in [3.8, 4) is 28.4 Å². The highest BCUT2D eigenvalue weighted by atomic mass is 16.5. The van der Waals surface area contributed by atoms with Gasteiger partial charge in [-0.05, 0) is 41.0 Å². The summed E-state index contributed by atoms with van der Waals surface area (Å²) in [5, 5.41) is 0. The van der Waals surface area contributed by atoms with Crippen LogP contribution in [0.15, 0.2) is 66.7 Å². The van der Waals surface area contributed by atoms with Gasteiger partial charge in [0.05, 0.1) is 7.11 Å². The first-order valence-electron chi connectivity index (χ1n) is 7.37. The van der Waals surface area contributed by atoms with Crippen LogP contribution >= 0.6 is 0 Å². The van der Waals surface area contributed by atoms with Gasteiger partial charge in [0.2, 0.25) is 0 Å². The first kappa shape index (κ1) is 13.0. The van der Waals surface area contributed by atoms with Gasteiger partial charge in [0.25, 0.3) is 0 Å². The Balaban J connectivity index is 1.77. The van der Waals surface area contributed by atoms with E-state index in [4.69, 9.17) is 9.47 Å². The van der Waals surface area contributed by atoms with Crippen molar-refractivity contribution in [3.05, 3.63) is 77.9 Å². The summed E-state index contributed by atoms with van der Waals surface area (Å²) >= 11 is 0. The molecule has 3 aromatic carbocycles. The SMILES string of the molecule is COc1ccccc1-c1ccc2c(c1)Cc1ccccc1O2. The van der Waals surface area contributed by atoms with Gasteiger partial charge >= 0.3 is 0 Å². The van der Waals surface area contributed by atoms with E-state index in [-0.39, 0.29) is 0 Å². The summed E-state index contributed by atoms with van der Waals surface area (Å²) in [4.78, 5) is 0. The molecule has 0 aromatic heterocycles. The van der Waals surface area contributed by atoms with Crippen LogP contribution in [0, 0.1) is 0 Å². The molecule has 2 nitrogen and oxygen atoms in total. The van der Waals surface area contributed by atoms with Crippen LogP contribution in [0.5, 0.6) is 17.2 Å². The molecule has 22 heavy (non-hydrogen) atoms. The van der Waals surface area contributed by atoms with Crippen molar-refractivity contribution in [3.63, 3.8) is 0 Å². The standard InChI is InChI=1S/C20H16O2/c1-21-20-9-5-3-7-17(20)14-10-11-19-16(12-14)13-15-6-2-4-8-18(15)22-19/h2-12H,13H2,1H3. The van der Waals surface area contributed by atoms with Crippen LogP contribution in [0.25, 0.3) is 11.1 Å². The first-order valence-corrected chi connectivity index (χ1v) is 7.37. The van der Waals surface area contributed by atoms with E-state index in [1.54, 1.807) is 7.11 Å². The molecular weight excluding hydrogens is 272 g/mol. The molecule has 0 N–H and O–H groups in total. The monoisotopic (exact) mass is 288 g/mol. The lowest BCUT2D eigenvalue weighted by atomic mass is 9.96. The minimum Gasteiger partial charge on any atom is -0.496 e. The van der Waals surface area contributed by atoms with Crippen LogP contribution in [0.2, 0.25) is 0 Å². The summed E-state index contributed by atoms with van der Waals surface area (Å²) in [5.74, 6) is 2.79. The highest BCUT2D eigenvalue weighted by Crippen LogP contribution is 2.39. The average molecular weight is 288 g/mol. The number of hydrogen-bond donors (Lipinski definition) is 0. The van der Waals surface area contributed by atoms with Gasteiger partial charge in [0, 0.05) is 12.0 Å². The van der Waals surface area contributed by atoms with E-state index in [1.165, 1.54) is 11.1 Å². The van der Waals surface area contributed by atoms with Crippen LogP contribution < -0.4 is 9.47 Å². The van der Waals surface area contributed by atoms with Crippen molar-refractivity contribution in [2.75, 3.05) is 7.11 Å². The summed E-state index contributed by atoms with van der Waals surface area (Å²) in [6.45, 7) is 0. The predicted octanol–water partition coefficient (Wildman–Crippen LogP) is 5.06. The molecule has 2 heteroatoms. The highest BCUT2D eigenvalue weighted by Gasteiger charge is 2.17. The molecule has 0 amide bonds. The van der Waals surface area contributed by atoms with Gasteiger partial charge in [-0.15, -0.1) is 0 Å². The molecule has 0 bridgehead atoms. The first-order chi connectivity index (χ1) is 10.8. The van der Waals surface area contributed by atoms with Crippen LogP contribution in [0.3, 0.4) is 0 Å². The molecular formula is C20H16O2.